The van der Waals surface area contributed by atoms with Crippen LogP contribution in [0.15, 0.2) is 12.1 Å². The first-order chi connectivity index (χ1) is 7.95. The SMILES string of the molecule is N#Cc1cc2nc(C(F)(F)F)[n-]c2cc1C#N.[Li+]. The van der Waals surface area contributed by atoms with Crippen molar-refractivity contribution in [2.45, 2.75) is 6.18 Å². The standard InChI is InChI=1S/C10H2F3N4.Li/c11-10(12,13)9-16-7-1-5(3-14)6(4-15)2-8(7)17-9;/h1-2H;/q-1;+1. The average Bonchev–Trinajstić information content (AvgIpc) is 2.69. The van der Waals surface area contributed by atoms with Crippen molar-refractivity contribution in [1.82, 2.24) is 9.97 Å². The fraction of sp³-hybridized carbons (Fsp3) is 0.100. The fourth-order valence-corrected chi connectivity index (χ4v) is 1.32. The molecule has 0 saturated carbocycles. The second kappa shape index (κ2) is 4.74. The fourth-order valence-electron chi connectivity index (χ4n) is 1.32. The van der Waals surface area contributed by atoms with E-state index in [2.05, 4.69) is 9.97 Å². The van der Waals surface area contributed by atoms with Crippen molar-refractivity contribution in [1.29, 1.82) is 10.5 Å². The van der Waals surface area contributed by atoms with Crippen molar-refractivity contribution in [3.05, 3.63) is 29.1 Å². The third-order valence-electron chi connectivity index (χ3n) is 2.06. The molecule has 0 bridgehead atoms. The molecule has 4 nitrogen and oxygen atoms in total. The largest absolute Gasteiger partial charge is 1.00 e. The summed E-state index contributed by atoms with van der Waals surface area (Å²) in [6.45, 7) is 0. The van der Waals surface area contributed by atoms with Crippen LogP contribution in [-0.2, 0) is 6.18 Å². The Morgan fingerprint density at radius 3 is 2.17 bits per heavy atom. The van der Waals surface area contributed by atoms with E-state index in [1.54, 1.807) is 12.1 Å². The summed E-state index contributed by atoms with van der Waals surface area (Å²) in [7, 11) is 0. The molecule has 0 atom stereocenters. The van der Waals surface area contributed by atoms with E-state index in [0.29, 0.717) is 0 Å². The van der Waals surface area contributed by atoms with Gasteiger partial charge in [-0.3, -0.25) is 0 Å². The van der Waals surface area contributed by atoms with Crippen molar-refractivity contribution in [3.63, 3.8) is 0 Å². The molecule has 8 heteroatoms. The number of nitrogens with zero attached hydrogens (tertiary/aromatic N) is 4. The number of nitriles is 2. The number of halogens is 3. The Labute approximate surface area is 111 Å². The molecule has 2 aromatic rings. The van der Waals surface area contributed by atoms with Crippen LogP contribution in [0.25, 0.3) is 11.0 Å². The smallest absolute Gasteiger partial charge is 0.432 e. The summed E-state index contributed by atoms with van der Waals surface area (Å²) in [6.07, 6.45) is -4.64. The molecule has 1 aromatic carbocycles. The molecule has 0 aliphatic rings. The molecular weight excluding hydrogens is 240 g/mol. The minimum atomic E-state index is -4.64. The first kappa shape index (κ1) is 14.1. The van der Waals surface area contributed by atoms with Gasteiger partial charge in [0.25, 0.3) is 0 Å². The van der Waals surface area contributed by atoms with Gasteiger partial charge in [-0.2, -0.15) is 23.7 Å². The molecule has 0 spiro atoms. The van der Waals surface area contributed by atoms with E-state index in [1.807, 2.05) is 0 Å². The van der Waals surface area contributed by atoms with Gasteiger partial charge in [-0.1, -0.05) is 0 Å². The van der Waals surface area contributed by atoms with Crippen LogP contribution in [0.3, 0.4) is 0 Å². The first-order valence-electron chi connectivity index (χ1n) is 4.31. The summed E-state index contributed by atoms with van der Waals surface area (Å²) in [5.41, 5.74) is -0.136. The minimum Gasteiger partial charge on any atom is -0.432 e. The summed E-state index contributed by atoms with van der Waals surface area (Å²) in [5.74, 6) is -1.27. The minimum absolute atomic E-state index is 0. The zero-order valence-electron chi connectivity index (χ0n) is 9.08. The number of fused-ring (bicyclic) bond motifs is 1. The topological polar surface area (TPSA) is 74.6 Å². The van der Waals surface area contributed by atoms with Crippen molar-refractivity contribution >= 4 is 11.0 Å². The summed E-state index contributed by atoms with van der Waals surface area (Å²) >= 11 is 0. The number of benzene rings is 1. The normalized spacial score (nSPS) is 10.5. The van der Waals surface area contributed by atoms with Crippen LogP contribution in [0.4, 0.5) is 13.2 Å². The maximum absolute atomic E-state index is 12.3. The number of rotatable bonds is 0. The first-order valence-corrected chi connectivity index (χ1v) is 4.31. The second-order valence-electron chi connectivity index (χ2n) is 3.16. The molecule has 1 heterocycles. The van der Waals surface area contributed by atoms with Crippen LogP contribution in [0, 0.1) is 22.7 Å². The summed E-state index contributed by atoms with van der Waals surface area (Å²) in [5, 5.41) is 17.4. The molecule has 0 amide bonds. The maximum atomic E-state index is 12.3. The van der Waals surface area contributed by atoms with Crippen molar-refractivity contribution < 1.29 is 32.0 Å². The van der Waals surface area contributed by atoms with Gasteiger partial charge in [0.15, 0.2) is 0 Å². The second-order valence-corrected chi connectivity index (χ2v) is 3.16. The van der Waals surface area contributed by atoms with E-state index in [-0.39, 0.29) is 41.0 Å². The van der Waals surface area contributed by atoms with Crippen LogP contribution in [-0.4, -0.2) is 4.98 Å². The van der Waals surface area contributed by atoms with E-state index >= 15 is 0 Å². The number of imidazole rings is 1. The Bertz CT molecular complexity index is 624. The zero-order valence-corrected chi connectivity index (χ0v) is 9.08. The van der Waals surface area contributed by atoms with Crippen molar-refractivity contribution in [2.24, 2.45) is 0 Å². The number of hydrogen-bond donors (Lipinski definition) is 0. The maximum Gasteiger partial charge on any atom is 1.00 e. The predicted molar refractivity (Wildman–Crippen MR) is 49.5 cm³/mol. The zero-order chi connectivity index (χ0) is 12.6. The number of hydrogen-bond acceptors (Lipinski definition) is 3. The van der Waals surface area contributed by atoms with Gasteiger partial charge in [0, 0.05) is 5.82 Å². The molecule has 18 heavy (non-hydrogen) atoms. The van der Waals surface area contributed by atoms with E-state index in [9.17, 15) is 13.2 Å². The van der Waals surface area contributed by atoms with Gasteiger partial charge >= 0.3 is 25.0 Å². The van der Waals surface area contributed by atoms with Gasteiger partial charge in [0.05, 0.1) is 11.1 Å². The molecule has 84 valence electrons. The average molecular weight is 242 g/mol. The van der Waals surface area contributed by atoms with Crippen LogP contribution in [0.2, 0.25) is 0 Å². The Balaban J connectivity index is 0.00000162. The van der Waals surface area contributed by atoms with E-state index < -0.39 is 12.0 Å². The van der Waals surface area contributed by atoms with E-state index in [0.717, 1.165) is 12.1 Å². The van der Waals surface area contributed by atoms with Crippen LogP contribution >= 0.6 is 0 Å². The van der Waals surface area contributed by atoms with Gasteiger partial charge in [0.2, 0.25) is 0 Å². The molecule has 0 N–H and O–H groups in total. The summed E-state index contributed by atoms with van der Waals surface area (Å²) in [4.78, 5) is 6.54. The third-order valence-corrected chi connectivity index (χ3v) is 2.06. The molecule has 0 aliphatic carbocycles. The molecular formula is C10H2F3LiN4. The Kier molecular flexibility index (Phi) is 3.72. The van der Waals surface area contributed by atoms with Crippen LogP contribution in [0.5, 0.6) is 0 Å². The quantitative estimate of drug-likeness (QED) is 0.553. The van der Waals surface area contributed by atoms with E-state index in [1.165, 1.54) is 0 Å². The summed E-state index contributed by atoms with van der Waals surface area (Å²) in [6, 6.07) is 5.67. The molecule has 0 fully saturated rings. The molecule has 2 rings (SSSR count). The number of aromatic nitrogens is 2. The van der Waals surface area contributed by atoms with Crippen molar-refractivity contribution in [3.8, 4) is 12.1 Å². The Hall–Kier alpha value is -1.94. The molecule has 1 aromatic heterocycles. The van der Waals surface area contributed by atoms with Gasteiger partial charge in [-0.25, -0.2) is 0 Å². The number of alkyl halides is 3. The van der Waals surface area contributed by atoms with Gasteiger partial charge in [0.1, 0.15) is 12.1 Å². The predicted octanol–water partition coefficient (Wildman–Crippen LogP) is -1.04. The van der Waals surface area contributed by atoms with Crippen LogP contribution < -0.4 is 23.8 Å². The Morgan fingerprint density at radius 1 is 1.11 bits per heavy atom. The van der Waals surface area contributed by atoms with Gasteiger partial charge in [-0.05, 0) is 23.2 Å². The van der Waals surface area contributed by atoms with Crippen molar-refractivity contribution in [2.75, 3.05) is 0 Å². The van der Waals surface area contributed by atoms with Crippen LogP contribution in [0.1, 0.15) is 17.0 Å². The monoisotopic (exact) mass is 242 g/mol. The summed E-state index contributed by atoms with van der Waals surface area (Å²) < 4.78 is 37.0. The van der Waals surface area contributed by atoms with Gasteiger partial charge in [-0.15, -0.1) is 0 Å². The van der Waals surface area contributed by atoms with Gasteiger partial charge < -0.3 is 9.97 Å². The molecule has 0 unspecified atom stereocenters. The third kappa shape index (κ3) is 2.33. The molecule has 0 saturated heterocycles. The van der Waals surface area contributed by atoms with E-state index in [4.69, 9.17) is 10.5 Å². The molecule has 0 radical (unpaired) electrons. The Morgan fingerprint density at radius 2 is 1.67 bits per heavy atom. The molecule has 0 aliphatic heterocycles.